The van der Waals surface area contributed by atoms with Crippen LogP contribution in [-0.2, 0) is 6.54 Å². The van der Waals surface area contributed by atoms with E-state index in [0.717, 1.165) is 32.9 Å². The molecule has 1 aromatic carbocycles. The van der Waals surface area contributed by atoms with E-state index < -0.39 is 0 Å². The van der Waals surface area contributed by atoms with Gasteiger partial charge in [-0.25, -0.2) is 9.97 Å². The van der Waals surface area contributed by atoms with Crippen LogP contribution in [0.15, 0.2) is 40.2 Å². The largest absolute Gasteiger partial charge is 0.364 e. The molecule has 0 atom stereocenters. The van der Waals surface area contributed by atoms with Crippen LogP contribution in [0.2, 0.25) is 0 Å². The number of hydrogen-bond donors (Lipinski definition) is 1. The molecule has 3 nitrogen and oxygen atoms in total. The molecule has 96 valence electrons. The van der Waals surface area contributed by atoms with Crippen LogP contribution in [0.3, 0.4) is 0 Å². The lowest BCUT2D eigenvalue weighted by molar-refractivity contribution is 1.10. The fourth-order valence-corrected chi connectivity index (χ4v) is 3.30. The van der Waals surface area contributed by atoms with Gasteiger partial charge in [-0.05, 0) is 47.1 Å². The summed E-state index contributed by atoms with van der Waals surface area (Å²) in [5.74, 6) is 0.850. The number of anilines is 1. The second-order valence-corrected chi connectivity index (χ2v) is 6.75. The molecule has 0 aliphatic heterocycles. The van der Waals surface area contributed by atoms with Gasteiger partial charge in [-0.1, -0.05) is 12.1 Å². The summed E-state index contributed by atoms with van der Waals surface area (Å²) in [6, 6.07) is 12.1. The summed E-state index contributed by atoms with van der Waals surface area (Å²) in [5.41, 5.74) is 2.78. The van der Waals surface area contributed by atoms with Crippen molar-refractivity contribution in [2.75, 3.05) is 5.32 Å². The zero-order chi connectivity index (χ0) is 13.2. The van der Waals surface area contributed by atoms with Gasteiger partial charge in [0.25, 0.3) is 0 Å². The van der Waals surface area contributed by atoms with E-state index in [1.165, 1.54) is 4.88 Å². The minimum Gasteiger partial charge on any atom is -0.364 e. The first-order valence-corrected chi connectivity index (χ1v) is 7.55. The van der Waals surface area contributed by atoms with E-state index >= 15 is 0 Å². The summed E-state index contributed by atoms with van der Waals surface area (Å²) in [7, 11) is 0. The average molecular weight is 334 g/mol. The topological polar surface area (TPSA) is 37.8 Å². The molecule has 0 aliphatic rings. The van der Waals surface area contributed by atoms with Crippen molar-refractivity contribution in [1.29, 1.82) is 0 Å². The number of hydrogen-bond acceptors (Lipinski definition) is 4. The molecule has 2 aromatic heterocycles. The van der Waals surface area contributed by atoms with Crippen molar-refractivity contribution < 1.29 is 0 Å². The maximum absolute atomic E-state index is 4.62. The van der Waals surface area contributed by atoms with Crippen LogP contribution in [0.4, 0.5) is 5.82 Å². The monoisotopic (exact) mass is 333 g/mol. The molecule has 3 aromatic rings. The van der Waals surface area contributed by atoms with Gasteiger partial charge in [0, 0.05) is 4.88 Å². The Morgan fingerprint density at radius 3 is 2.53 bits per heavy atom. The van der Waals surface area contributed by atoms with Crippen LogP contribution < -0.4 is 5.32 Å². The number of aromatic nitrogens is 2. The van der Waals surface area contributed by atoms with Crippen LogP contribution in [0, 0.1) is 6.92 Å². The molecule has 5 heteroatoms. The van der Waals surface area contributed by atoms with Crippen molar-refractivity contribution in [2.45, 2.75) is 13.5 Å². The Morgan fingerprint density at radius 2 is 1.84 bits per heavy atom. The number of aryl methyl sites for hydroxylation is 1. The number of halogens is 1. The lowest BCUT2D eigenvalue weighted by atomic mass is 10.3. The van der Waals surface area contributed by atoms with Gasteiger partial charge in [-0.2, -0.15) is 0 Å². The van der Waals surface area contributed by atoms with Gasteiger partial charge in [0.15, 0.2) is 0 Å². The number of para-hydroxylation sites is 2. The highest BCUT2D eigenvalue weighted by molar-refractivity contribution is 9.11. The first-order chi connectivity index (χ1) is 9.22. The van der Waals surface area contributed by atoms with E-state index in [-0.39, 0.29) is 0 Å². The Kier molecular flexibility index (Phi) is 3.48. The molecule has 3 rings (SSSR count). The van der Waals surface area contributed by atoms with Crippen LogP contribution in [-0.4, -0.2) is 9.97 Å². The highest BCUT2D eigenvalue weighted by Gasteiger charge is 2.05. The fraction of sp³-hybridized carbons (Fsp3) is 0.143. The van der Waals surface area contributed by atoms with E-state index in [2.05, 4.69) is 43.3 Å². The smallest absolute Gasteiger partial charge is 0.148 e. The van der Waals surface area contributed by atoms with E-state index in [0.29, 0.717) is 0 Å². The SMILES string of the molecule is Cc1nc2ccccc2nc1NCc1ccc(Br)s1. The third kappa shape index (κ3) is 2.77. The molecule has 0 saturated carbocycles. The molecule has 19 heavy (non-hydrogen) atoms. The number of rotatable bonds is 3. The first-order valence-electron chi connectivity index (χ1n) is 5.94. The molecule has 0 bridgehead atoms. The molecule has 0 fully saturated rings. The Hall–Kier alpha value is -1.46. The van der Waals surface area contributed by atoms with Crippen molar-refractivity contribution >= 4 is 44.1 Å². The maximum Gasteiger partial charge on any atom is 0.148 e. The number of thiophene rings is 1. The minimum absolute atomic E-state index is 0.768. The Morgan fingerprint density at radius 1 is 1.11 bits per heavy atom. The molecular formula is C14H12BrN3S. The summed E-state index contributed by atoms with van der Waals surface area (Å²) in [5, 5.41) is 3.35. The Labute approximate surface area is 123 Å². The first kappa shape index (κ1) is 12.6. The molecule has 0 aliphatic carbocycles. The van der Waals surface area contributed by atoms with Gasteiger partial charge in [0.1, 0.15) is 5.82 Å². The summed E-state index contributed by atoms with van der Waals surface area (Å²) < 4.78 is 1.14. The lowest BCUT2D eigenvalue weighted by Gasteiger charge is -2.08. The van der Waals surface area contributed by atoms with E-state index in [9.17, 15) is 0 Å². The van der Waals surface area contributed by atoms with Crippen molar-refractivity contribution in [1.82, 2.24) is 9.97 Å². The summed E-state index contributed by atoms with van der Waals surface area (Å²) in [6.07, 6.45) is 0. The minimum atomic E-state index is 0.768. The predicted molar refractivity (Wildman–Crippen MR) is 83.6 cm³/mol. The van der Waals surface area contributed by atoms with E-state index in [1.807, 2.05) is 31.2 Å². The summed E-state index contributed by atoms with van der Waals surface area (Å²) in [6.45, 7) is 2.75. The highest BCUT2D eigenvalue weighted by Crippen LogP contribution is 2.23. The standard InChI is InChI=1S/C14H12BrN3S/c1-9-14(16-8-10-6-7-13(15)19-10)18-12-5-3-2-4-11(12)17-9/h2-7H,8H2,1H3,(H,16,18). The average Bonchev–Trinajstić information content (AvgIpc) is 2.82. The van der Waals surface area contributed by atoms with Gasteiger partial charge in [-0.3, -0.25) is 0 Å². The molecular weight excluding hydrogens is 322 g/mol. The van der Waals surface area contributed by atoms with Crippen molar-refractivity contribution in [2.24, 2.45) is 0 Å². The molecule has 0 amide bonds. The van der Waals surface area contributed by atoms with Crippen LogP contribution in [0.25, 0.3) is 11.0 Å². The highest BCUT2D eigenvalue weighted by atomic mass is 79.9. The number of benzene rings is 1. The fourth-order valence-electron chi connectivity index (χ4n) is 1.87. The van der Waals surface area contributed by atoms with Crippen molar-refractivity contribution in [3.05, 3.63) is 50.8 Å². The normalized spacial score (nSPS) is 10.8. The zero-order valence-corrected chi connectivity index (χ0v) is 12.8. The van der Waals surface area contributed by atoms with Crippen molar-refractivity contribution in [3.8, 4) is 0 Å². The van der Waals surface area contributed by atoms with Crippen LogP contribution >= 0.6 is 27.3 Å². The number of nitrogens with one attached hydrogen (secondary N) is 1. The van der Waals surface area contributed by atoms with E-state index in [1.54, 1.807) is 11.3 Å². The Balaban J connectivity index is 1.86. The molecule has 0 saturated heterocycles. The van der Waals surface area contributed by atoms with Gasteiger partial charge < -0.3 is 5.32 Å². The van der Waals surface area contributed by atoms with Gasteiger partial charge in [0.05, 0.1) is 27.1 Å². The van der Waals surface area contributed by atoms with Gasteiger partial charge in [0.2, 0.25) is 0 Å². The third-order valence-electron chi connectivity index (χ3n) is 2.80. The second kappa shape index (κ2) is 5.27. The Bertz CT molecular complexity index is 724. The number of nitrogens with zero attached hydrogens (tertiary/aromatic N) is 2. The van der Waals surface area contributed by atoms with Gasteiger partial charge in [-0.15, -0.1) is 11.3 Å². The summed E-state index contributed by atoms with van der Waals surface area (Å²) in [4.78, 5) is 10.4. The van der Waals surface area contributed by atoms with E-state index in [4.69, 9.17) is 0 Å². The molecule has 0 unspecified atom stereocenters. The predicted octanol–water partition coefficient (Wildman–Crippen LogP) is 4.37. The third-order valence-corrected chi connectivity index (χ3v) is 4.43. The molecule has 0 spiro atoms. The zero-order valence-electron chi connectivity index (χ0n) is 10.4. The van der Waals surface area contributed by atoms with Crippen LogP contribution in [0.5, 0.6) is 0 Å². The molecule has 2 heterocycles. The van der Waals surface area contributed by atoms with Crippen molar-refractivity contribution in [3.63, 3.8) is 0 Å². The maximum atomic E-state index is 4.62. The molecule has 0 radical (unpaired) electrons. The molecule has 1 N–H and O–H groups in total. The summed E-state index contributed by atoms with van der Waals surface area (Å²) >= 11 is 5.19. The number of fused-ring (bicyclic) bond motifs is 1. The lowest BCUT2D eigenvalue weighted by Crippen LogP contribution is -2.03. The van der Waals surface area contributed by atoms with Crippen LogP contribution in [0.1, 0.15) is 10.6 Å². The quantitative estimate of drug-likeness (QED) is 0.773. The second-order valence-electron chi connectivity index (χ2n) is 4.21. The van der Waals surface area contributed by atoms with Gasteiger partial charge >= 0.3 is 0 Å².